The van der Waals surface area contributed by atoms with Crippen LogP contribution in [0.15, 0.2) is 99.8 Å². The molecule has 0 aliphatic carbocycles. The molecule has 2 aliphatic rings. The van der Waals surface area contributed by atoms with Gasteiger partial charge in [0.1, 0.15) is 0 Å². The average molecular weight is 701 g/mol. The summed E-state index contributed by atoms with van der Waals surface area (Å²) in [6.07, 6.45) is 21.1. The topological polar surface area (TPSA) is 103 Å². The van der Waals surface area contributed by atoms with E-state index in [2.05, 4.69) is 39.9 Å². The van der Waals surface area contributed by atoms with Crippen LogP contribution in [-0.2, 0) is 23.0 Å². The lowest BCUT2D eigenvalue weighted by atomic mass is 10.5. The Hall–Kier alpha value is -1.66. The van der Waals surface area contributed by atoms with Crippen LogP contribution in [0.4, 0.5) is 0 Å². The SMILES string of the molecule is c1cnc(CSC2=C(SCc3cnccn3)SC(=C3SC(SCc4cnccn4)=C(SCc4cnccn4)S3)S2)cn1. The molecule has 0 fully saturated rings. The molecule has 8 nitrogen and oxygen atoms in total. The van der Waals surface area contributed by atoms with E-state index < -0.39 is 0 Å². The first-order valence-corrected chi connectivity index (χ1v) is 19.5. The van der Waals surface area contributed by atoms with Gasteiger partial charge in [-0.05, 0) is 0 Å². The van der Waals surface area contributed by atoms with Crippen LogP contribution in [0.2, 0.25) is 0 Å². The Balaban J connectivity index is 1.19. The average Bonchev–Trinajstić information content (AvgIpc) is 3.66. The van der Waals surface area contributed by atoms with E-state index in [4.69, 9.17) is 0 Å². The van der Waals surface area contributed by atoms with Crippen LogP contribution in [0.1, 0.15) is 22.8 Å². The number of nitrogens with zero attached hydrogens (tertiary/aromatic N) is 8. The Bertz CT molecular complexity index is 1340. The van der Waals surface area contributed by atoms with E-state index in [1.165, 1.54) is 25.4 Å². The quantitative estimate of drug-likeness (QED) is 0.142. The molecule has 2 aliphatic heterocycles. The van der Waals surface area contributed by atoms with Crippen molar-refractivity contribution in [2.24, 2.45) is 0 Å². The van der Waals surface area contributed by atoms with Crippen molar-refractivity contribution in [2.45, 2.75) is 23.0 Å². The Morgan fingerprint density at radius 3 is 0.857 bits per heavy atom. The second-order valence-electron chi connectivity index (χ2n) is 8.07. The highest BCUT2D eigenvalue weighted by atomic mass is 32.3. The molecular weight excluding hydrogens is 681 g/mol. The van der Waals surface area contributed by atoms with Gasteiger partial charge in [-0.1, -0.05) is 47.0 Å². The maximum Gasteiger partial charge on any atom is 0.0717 e. The van der Waals surface area contributed by atoms with Gasteiger partial charge < -0.3 is 0 Å². The molecule has 0 aromatic carbocycles. The molecule has 0 N–H and O–H groups in total. The summed E-state index contributed by atoms with van der Waals surface area (Å²) in [4.78, 5) is 34.8. The molecule has 6 heterocycles. The molecule has 0 bridgehead atoms. The van der Waals surface area contributed by atoms with Gasteiger partial charge in [0.05, 0.1) is 48.2 Å². The zero-order valence-electron chi connectivity index (χ0n) is 21.6. The first-order valence-electron chi connectivity index (χ1n) is 12.2. The van der Waals surface area contributed by atoms with E-state index in [0.29, 0.717) is 0 Å². The fourth-order valence-corrected chi connectivity index (χ4v) is 14.8. The Labute approximate surface area is 277 Å². The van der Waals surface area contributed by atoms with Crippen molar-refractivity contribution < 1.29 is 0 Å². The van der Waals surface area contributed by atoms with Gasteiger partial charge in [-0.2, -0.15) is 0 Å². The van der Waals surface area contributed by atoms with Crippen molar-refractivity contribution >= 4 is 94.1 Å². The van der Waals surface area contributed by atoms with E-state index in [-0.39, 0.29) is 0 Å². The minimum atomic E-state index is 0.769. The molecule has 4 aromatic rings. The largest absolute Gasteiger partial charge is 0.261 e. The molecule has 42 heavy (non-hydrogen) atoms. The van der Waals surface area contributed by atoms with Gasteiger partial charge in [0.15, 0.2) is 0 Å². The summed E-state index contributed by atoms with van der Waals surface area (Å²) in [5.41, 5.74) is 3.88. The summed E-state index contributed by atoms with van der Waals surface area (Å²) in [7, 11) is 0. The Kier molecular flexibility index (Phi) is 11.5. The highest BCUT2D eigenvalue weighted by Crippen LogP contribution is 2.66. The van der Waals surface area contributed by atoms with Crippen LogP contribution in [0.5, 0.6) is 0 Å². The molecule has 4 aromatic heterocycles. The normalized spacial score (nSPS) is 15.2. The third kappa shape index (κ3) is 8.71. The fraction of sp³-hybridized carbons (Fsp3) is 0.154. The van der Waals surface area contributed by atoms with E-state index in [9.17, 15) is 0 Å². The van der Waals surface area contributed by atoms with Gasteiger partial charge in [0.25, 0.3) is 0 Å². The summed E-state index contributed by atoms with van der Waals surface area (Å²) >= 11 is 14.7. The van der Waals surface area contributed by atoms with Crippen molar-refractivity contribution in [3.8, 4) is 0 Å². The van der Waals surface area contributed by atoms with Crippen LogP contribution in [-0.4, -0.2) is 39.9 Å². The van der Waals surface area contributed by atoms with Gasteiger partial charge in [-0.3, -0.25) is 39.9 Å². The first-order chi connectivity index (χ1) is 20.8. The molecule has 0 amide bonds. The molecule has 16 heteroatoms. The van der Waals surface area contributed by atoms with Crippen molar-refractivity contribution in [1.29, 1.82) is 0 Å². The van der Waals surface area contributed by atoms with Crippen molar-refractivity contribution in [3.05, 3.63) is 123 Å². The first kappa shape index (κ1) is 30.4. The number of rotatable bonds is 12. The molecule has 6 rings (SSSR count). The minimum absolute atomic E-state index is 0.769. The Morgan fingerprint density at radius 1 is 0.381 bits per heavy atom. The molecule has 212 valence electrons. The third-order valence-corrected chi connectivity index (χ3v) is 16.8. The zero-order valence-corrected chi connectivity index (χ0v) is 28.1. The predicted octanol–water partition coefficient (Wildman–Crippen LogP) is 8.22. The van der Waals surface area contributed by atoms with E-state index >= 15 is 0 Å². The van der Waals surface area contributed by atoms with Gasteiger partial charge in [0, 0.05) is 97.4 Å². The predicted molar refractivity (Wildman–Crippen MR) is 185 cm³/mol. The molecule has 0 radical (unpaired) electrons. The molecule has 0 unspecified atom stereocenters. The van der Waals surface area contributed by atoms with Gasteiger partial charge >= 0.3 is 0 Å². The molecule has 0 atom stereocenters. The zero-order chi connectivity index (χ0) is 28.4. The number of hydrogen-bond acceptors (Lipinski definition) is 16. The summed E-state index contributed by atoms with van der Waals surface area (Å²) in [6, 6.07) is 0. The Morgan fingerprint density at radius 2 is 0.643 bits per heavy atom. The van der Waals surface area contributed by atoms with Crippen molar-refractivity contribution in [2.75, 3.05) is 0 Å². The lowest BCUT2D eigenvalue weighted by Crippen LogP contribution is -1.88. The van der Waals surface area contributed by atoms with Crippen LogP contribution in [0.3, 0.4) is 0 Å². The number of aromatic nitrogens is 8. The standard InChI is InChI=1S/C26H20N8S8/c1-5-31-17(9-27-1)13-35-21-22(36-14-18-10-28-2-6-32-18)40-25(39-21)26-41-23(37-15-19-11-29-3-7-33-19)24(42-26)38-16-20-12-30-4-8-34-20/h1-12H,13-16H2. The third-order valence-electron chi connectivity index (χ3n) is 5.11. The smallest absolute Gasteiger partial charge is 0.0717 e. The van der Waals surface area contributed by atoms with E-state index in [1.807, 2.05) is 119 Å². The number of hydrogen-bond donors (Lipinski definition) is 0. The summed E-state index contributed by atoms with van der Waals surface area (Å²) < 4.78 is 7.77. The summed E-state index contributed by atoms with van der Waals surface area (Å²) in [6.45, 7) is 0. The number of thioether (sulfide) groups is 8. The second-order valence-corrected chi connectivity index (χ2v) is 17.7. The lowest BCUT2D eigenvalue weighted by Gasteiger charge is -2.04. The molecule has 0 spiro atoms. The van der Waals surface area contributed by atoms with Gasteiger partial charge in [-0.25, -0.2) is 0 Å². The monoisotopic (exact) mass is 700 g/mol. The minimum Gasteiger partial charge on any atom is -0.261 e. The maximum absolute atomic E-state index is 4.47. The van der Waals surface area contributed by atoms with Crippen LogP contribution in [0.25, 0.3) is 0 Å². The maximum atomic E-state index is 4.47. The molecule has 0 saturated carbocycles. The second kappa shape index (κ2) is 15.9. The van der Waals surface area contributed by atoms with Gasteiger partial charge in [0.2, 0.25) is 0 Å². The van der Waals surface area contributed by atoms with Crippen LogP contribution < -0.4 is 0 Å². The van der Waals surface area contributed by atoms with Crippen LogP contribution in [0, 0.1) is 0 Å². The van der Waals surface area contributed by atoms with Gasteiger partial charge in [-0.15, -0.1) is 47.0 Å². The lowest BCUT2D eigenvalue weighted by molar-refractivity contribution is 1.10. The van der Waals surface area contributed by atoms with E-state index in [1.54, 1.807) is 49.6 Å². The summed E-state index contributed by atoms with van der Waals surface area (Å²) in [5.74, 6) is 3.08. The molecular formula is C26H20N8S8. The van der Waals surface area contributed by atoms with E-state index in [0.717, 1.165) is 45.8 Å². The fourth-order valence-electron chi connectivity index (χ4n) is 3.24. The summed E-state index contributed by atoms with van der Waals surface area (Å²) in [5, 5.41) is 0. The van der Waals surface area contributed by atoms with Crippen molar-refractivity contribution in [1.82, 2.24) is 39.9 Å². The molecule has 0 saturated heterocycles. The highest BCUT2D eigenvalue weighted by Gasteiger charge is 2.31. The highest BCUT2D eigenvalue weighted by molar-refractivity contribution is 8.44. The van der Waals surface area contributed by atoms with Crippen molar-refractivity contribution in [3.63, 3.8) is 0 Å². The van der Waals surface area contributed by atoms with Crippen LogP contribution >= 0.6 is 94.1 Å².